The molecule has 5 rings (SSSR count). The molecule has 1 heterocycles. The summed E-state index contributed by atoms with van der Waals surface area (Å²) >= 11 is 12.5. The third-order valence-electron chi connectivity index (χ3n) is 8.19. The Morgan fingerprint density at radius 1 is 1.10 bits per heavy atom. The maximum Gasteiger partial charge on any atom is 0.275 e. The summed E-state index contributed by atoms with van der Waals surface area (Å²) in [5, 5.41) is 5.37. The highest BCUT2D eigenvalue weighted by Gasteiger charge is 2.56. The number of aromatic nitrogens is 2. The molecule has 2 bridgehead atoms. The van der Waals surface area contributed by atoms with Crippen LogP contribution in [-0.4, -0.2) is 70.7 Å². The van der Waals surface area contributed by atoms with Crippen LogP contribution in [0.15, 0.2) is 29.2 Å². The number of halogens is 4. The van der Waals surface area contributed by atoms with Gasteiger partial charge in [-0.2, -0.15) is 0 Å². The van der Waals surface area contributed by atoms with Crippen LogP contribution in [0.4, 0.5) is 14.5 Å². The van der Waals surface area contributed by atoms with Crippen molar-refractivity contribution in [2.45, 2.75) is 51.0 Å². The molecular weight excluding hydrogens is 565 g/mol. The SMILES string of the molecule is CNC(=O)c1[nH]cnc1C(=O)N(CC(C)=C(Cl)N(C)C)C12CCC(C(=O)Nc3c(F)cc(F)cc3Cl)(CC1)CC2. The summed E-state index contributed by atoms with van der Waals surface area (Å²) in [5.41, 5.74) is -0.820. The molecule has 0 radical (unpaired) electrons. The average molecular weight is 597 g/mol. The summed E-state index contributed by atoms with van der Waals surface area (Å²) in [4.78, 5) is 50.3. The van der Waals surface area contributed by atoms with Crippen molar-refractivity contribution in [1.82, 2.24) is 25.1 Å². The van der Waals surface area contributed by atoms with Crippen LogP contribution in [0.2, 0.25) is 5.02 Å². The number of carbonyl (C=O) groups excluding carboxylic acids is 3. The van der Waals surface area contributed by atoms with Crippen LogP contribution in [0.1, 0.15) is 66.4 Å². The summed E-state index contributed by atoms with van der Waals surface area (Å²) in [7, 11) is 5.08. The highest BCUT2D eigenvalue weighted by Crippen LogP contribution is 2.55. The lowest BCUT2D eigenvalue weighted by Gasteiger charge is -2.56. The second-order valence-corrected chi connectivity index (χ2v) is 11.5. The van der Waals surface area contributed by atoms with Crippen molar-refractivity contribution in [3.05, 3.63) is 57.2 Å². The van der Waals surface area contributed by atoms with E-state index in [-0.39, 0.29) is 34.5 Å². The number of hydrogen-bond acceptors (Lipinski definition) is 5. The molecule has 216 valence electrons. The minimum absolute atomic E-state index is 0.00378. The molecule has 2 aromatic rings. The van der Waals surface area contributed by atoms with Crippen LogP contribution < -0.4 is 10.6 Å². The third kappa shape index (κ3) is 5.41. The third-order valence-corrected chi connectivity index (χ3v) is 9.15. The van der Waals surface area contributed by atoms with Gasteiger partial charge in [0.05, 0.1) is 17.0 Å². The van der Waals surface area contributed by atoms with Crippen LogP contribution in [0.25, 0.3) is 0 Å². The molecule has 3 saturated carbocycles. The fraction of sp³-hybridized carbons (Fsp3) is 0.481. The summed E-state index contributed by atoms with van der Waals surface area (Å²) < 4.78 is 27.9. The Kier molecular flexibility index (Phi) is 8.46. The molecule has 9 nitrogen and oxygen atoms in total. The molecule has 3 fully saturated rings. The molecule has 0 atom stereocenters. The molecule has 0 unspecified atom stereocenters. The fourth-order valence-electron chi connectivity index (χ4n) is 5.84. The van der Waals surface area contributed by atoms with Crippen molar-refractivity contribution in [2.24, 2.45) is 5.41 Å². The number of nitrogens with one attached hydrogen (secondary N) is 3. The number of rotatable bonds is 8. The van der Waals surface area contributed by atoms with Crippen LogP contribution >= 0.6 is 23.2 Å². The van der Waals surface area contributed by atoms with Gasteiger partial charge < -0.3 is 25.4 Å². The fourth-order valence-corrected chi connectivity index (χ4v) is 6.14. The van der Waals surface area contributed by atoms with Crippen molar-refractivity contribution in [1.29, 1.82) is 0 Å². The van der Waals surface area contributed by atoms with E-state index >= 15 is 0 Å². The molecule has 13 heteroatoms. The molecule has 1 aromatic heterocycles. The van der Waals surface area contributed by atoms with Gasteiger partial charge >= 0.3 is 0 Å². The Hall–Kier alpha value is -3.18. The number of benzene rings is 1. The van der Waals surface area contributed by atoms with E-state index in [4.69, 9.17) is 23.2 Å². The van der Waals surface area contributed by atoms with E-state index in [0.29, 0.717) is 49.7 Å². The predicted octanol–water partition coefficient (Wildman–Crippen LogP) is 4.91. The van der Waals surface area contributed by atoms with Gasteiger partial charge in [-0.15, -0.1) is 0 Å². The minimum Gasteiger partial charge on any atom is -0.368 e. The number of aromatic amines is 1. The monoisotopic (exact) mass is 596 g/mol. The van der Waals surface area contributed by atoms with Crippen molar-refractivity contribution in [3.63, 3.8) is 0 Å². The first-order valence-corrected chi connectivity index (χ1v) is 13.7. The van der Waals surface area contributed by atoms with Crippen LogP contribution in [-0.2, 0) is 4.79 Å². The van der Waals surface area contributed by atoms with Gasteiger partial charge in [0, 0.05) is 44.7 Å². The van der Waals surface area contributed by atoms with E-state index in [1.807, 2.05) is 6.92 Å². The van der Waals surface area contributed by atoms with Gasteiger partial charge in [0.2, 0.25) is 5.91 Å². The van der Waals surface area contributed by atoms with Gasteiger partial charge in [-0.3, -0.25) is 14.4 Å². The number of nitrogens with zero attached hydrogens (tertiary/aromatic N) is 3. The van der Waals surface area contributed by atoms with Crippen molar-refractivity contribution in [2.75, 3.05) is 33.0 Å². The van der Waals surface area contributed by atoms with Crippen LogP contribution in [0, 0.1) is 17.0 Å². The summed E-state index contributed by atoms with van der Waals surface area (Å²) in [5.74, 6) is -3.04. The molecule has 3 aliphatic rings. The van der Waals surface area contributed by atoms with Crippen molar-refractivity contribution >= 4 is 46.6 Å². The first-order valence-electron chi connectivity index (χ1n) is 12.9. The Balaban J connectivity index is 1.63. The molecule has 40 heavy (non-hydrogen) atoms. The summed E-state index contributed by atoms with van der Waals surface area (Å²) in [6, 6.07) is 1.62. The normalized spacial score (nSPS) is 22.4. The maximum atomic E-state index is 14.4. The van der Waals surface area contributed by atoms with Crippen molar-refractivity contribution in [3.8, 4) is 0 Å². The highest BCUT2D eigenvalue weighted by molar-refractivity contribution is 6.33. The smallest absolute Gasteiger partial charge is 0.275 e. The lowest BCUT2D eigenvalue weighted by Crippen LogP contribution is -2.61. The molecule has 0 saturated heterocycles. The van der Waals surface area contributed by atoms with Gasteiger partial charge in [-0.1, -0.05) is 23.2 Å². The number of anilines is 1. The van der Waals surface area contributed by atoms with Crippen LogP contribution in [0.3, 0.4) is 0 Å². The molecule has 0 spiro atoms. The number of carbonyl (C=O) groups is 3. The van der Waals surface area contributed by atoms with Gasteiger partial charge in [0.15, 0.2) is 11.5 Å². The lowest BCUT2D eigenvalue weighted by atomic mass is 9.56. The maximum absolute atomic E-state index is 14.4. The molecule has 0 aliphatic heterocycles. The molecular formula is C27H32Cl2F2N6O3. The van der Waals surface area contributed by atoms with E-state index in [9.17, 15) is 23.2 Å². The van der Waals surface area contributed by atoms with E-state index in [1.54, 1.807) is 23.9 Å². The molecule has 3 aliphatic carbocycles. The first kappa shape index (κ1) is 29.8. The number of amides is 3. The van der Waals surface area contributed by atoms with Gasteiger partial charge in [-0.25, -0.2) is 13.8 Å². The zero-order valence-electron chi connectivity index (χ0n) is 22.8. The lowest BCUT2D eigenvalue weighted by molar-refractivity contribution is -0.135. The van der Waals surface area contributed by atoms with Gasteiger partial charge in [0.25, 0.3) is 11.8 Å². The Morgan fingerprint density at radius 3 is 2.27 bits per heavy atom. The first-order chi connectivity index (χ1) is 18.8. The summed E-state index contributed by atoms with van der Waals surface area (Å²) in [6.07, 6.45) is 4.12. The van der Waals surface area contributed by atoms with Crippen LogP contribution in [0.5, 0.6) is 0 Å². The summed E-state index contributed by atoms with van der Waals surface area (Å²) in [6.45, 7) is 2.04. The van der Waals surface area contributed by atoms with Gasteiger partial charge in [0.1, 0.15) is 16.7 Å². The molecule has 3 N–H and O–H groups in total. The van der Waals surface area contributed by atoms with E-state index in [1.165, 1.54) is 13.4 Å². The molecule has 3 amide bonds. The van der Waals surface area contributed by atoms with E-state index in [0.717, 1.165) is 11.6 Å². The quantitative estimate of drug-likeness (QED) is 0.375. The Labute approximate surface area is 241 Å². The number of H-pyrrole nitrogens is 1. The number of fused-ring (bicyclic) bond motifs is 3. The predicted molar refractivity (Wildman–Crippen MR) is 148 cm³/mol. The minimum atomic E-state index is -0.946. The van der Waals surface area contributed by atoms with E-state index in [2.05, 4.69) is 20.6 Å². The molecule has 1 aromatic carbocycles. The van der Waals surface area contributed by atoms with E-state index < -0.39 is 34.4 Å². The topological polar surface area (TPSA) is 110 Å². The number of hydrogen-bond donors (Lipinski definition) is 3. The second kappa shape index (κ2) is 11.4. The Bertz CT molecular complexity index is 1330. The number of imidazole rings is 1. The average Bonchev–Trinajstić information content (AvgIpc) is 3.43. The van der Waals surface area contributed by atoms with Gasteiger partial charge in [-0.05, 0) is 57.1 Å². The highest BCUT2D eigenvalue weighted by atomic mass is 35.5. The second-order valence-electron chi connectivity index (χ2n) is 10.8. The largest absolute Gasteiger partial charge is 0.368 e. The Morgan fingerprint density at radius 2 is 1.73 bits per heavy atom. The standard InChI is InChI=1S/C27H32Cl2F2N6O3/c1-15(22(29)36(3)4)13-37(24(39)21-20(23(38)32-2)33-14-34-21)27-8-5-26(6-9-27,7-10-27)25(40)35-19-17(28)11-16(30)12-18(19)31/h11-12,14H,5-10,13H2,1-4H3,(H,32,38)(H,33,34)(H,35,40). The zero-order chi connectivity index (χ0) is 29.4. The van der Waals surface area contributed by atoms with Crippen molar-refractivity contribution < 1.29 is 23.2 Å². The zero-order valence-corrected chi connectivity index (χ0v) is 24.3.